The lowest BCUT2D eigenvalue weighted by Gasteiger charge is -2.32. The Labute approximate surface area is 140 Å². The monoisotopic (exact) mass is 308 g/mol. The number of ketones is 1. The van der Waals surface area contributed by atoms with Crippen molar-refractivity contribution in [2.75, 3.05) is 0 Å². The zero-order chi connectivity index (χ0) is 16.9. The standard InChI is InChI=1S/C22H28O/c1-5-18(19-11-7-6-8-12-19)16-20(23)13-14-21-17(2)10-9-15-22(21,3)4/h5-8,11-14,18H,1,9-10,15-16H2,2-4H3/b14-13+/t18-/m0/s1. The van der Waals surface area contributed by atoms with Crippen molar-refractivity contribution in [1.29, 1.82) is 0 Å². The molecule has 1 aliphatic rings. The van der Waals surface area contributed by atoms with E-state index in [1.54, 1.807) is 6.08 Å². The molecule has 23 heavy (non-hydrogen) atoms. The third kappa shape index (κ3) is 4.54. The van der Waals surface area contributed by atoms with Crippen LogP contribution in [0.15, 0.2) is 66.3 Å². The summed E-state index contributed by atoms with van der Waals surface area (Å²) in [6.45, 7) is 10.6. The van der Waals surface area contributed by atoms with Gasteiger partial charge in [-0.05, 0) is 48.8 Å². The molecule has 1 heteroatoms. The summed E-state index contributed by atoms with van der Waals surface area (Å²) in [7, 11) is 0. The topological polar surface area (TPSA) is 17.1 Å². The molecule has 0 bridgehead atoms. The second kappa shape index (κ2) is 7.59. The van der Waals surface area contributed by atoms with Crippen LogP contribution < -0.4 is 0 Å². The van der Waals surface area contributed by atoms with Gasteiger partial charge in [0.25, 0.3) is 0 Å². The summed E-state index contributed by atoms with van der Waals surface area (Å²) in [6, 6.07) is 10.1. The minimum atomic E-state index is 0.0859. The van der Waals surface area contributed by atoms with Crippen molar-refractivity contribution in [3.63, 3.8) is 0 Å². The quantitative estimate of drug-likeness (QED) is 0.465. The molecule has 0 N–H and O–H groups in total. The Kier molecular flexibility index (Phi) is 5.76. The molecule has 122 valence electrons. The maximum absolute atomic E-state index is 12.4. The number of hydrogen-bond acceptors (Lipinski definition) is 1. The van der Waals surface area contributed by atoms with Crippen LogP contribution in [0.25, 0.3) is 0 Å². The summed E-state index contributed by atoms with van der Waals surface area (Å²) in [6.07, 6.45) is 9.77. The van der Waals surface area contributed by atoms with Gasteiger partial charge in [-0.25, -0.2) is 0 Å². The minimum Gasteiger partial charge on any atom is -0.295 e. The number of carbonyl (C=O) groups is 1. The van der Waals surface area contributed by atoms with Gasteiger partial charge in [-0.15, -0.1) is 6.58 Å². The molecule has 0 saturated carbocycles. The van der Waals surface area contributed by atoms with Crippen LogP contribution >= 0.6 is 0 Å². The summed E-state index contributed by atoms with van der Waals surface area (Å²) in [5.74, 6) is 0.253. The average molecular weight is 308 g/mol. The Morgan fingerprint density at radius 2 is 2.00 bits per heavy atom. The summed E-state index contributed by atoms with van der Waals surface area (Å²) >= 11 is 0. The van der Waals surface area contributed by atoms with E-state index in [9.17, 15) is 4.79 Å². The Morgan fingerprint density at radius 1 is 1.30 bits per heavy atom. The van der Waals surface area contributed by atoms with Crippen LogP contribution in [0.4, 0.5) is 0 Å². The second-order valence-corrected chi connectivity index (χ2v) is 7.19. The van der Waals surface area contributed by atoms with Crippen molar-refractivity contribution in [3.8, 4) is 0 Å². The van der Waals surface area contributed by atoms with Gasteiger partial charge in [0.15, 0.2) is 5.78 Å². The lowest BCUT2D eigenvalue weighted by atomic mass is 9.72. The minimum absolute atomic E-state index is 0.0859. The molecule has 1 aromatic rings. The van der Waals surface area contributed by atoms with Crippen molar-refractivity contribution < 1.29 is 4.79 Å². The van der Waals surface area contributed by atoms with E-state index in [-0.39, 0.29) is 17.1 Å². The summed E-state index contributed by atoms with van der Waals surface area (Å²) < 4.78 is 0. The van der Waals surface area contributed by atoms with Crippen LogP contribution in [0.5, 0.6) is 0 Å². The van der Waals surface area contributed by atoms with E-state index >= 15 is 0 Å². The van der Waals surface area contributed by atoms with Gasteiger partial charge in [0.2, 0.25) is 0 Å². The molecule has 0 aliphatic heterocycles. The predicted molar refractivity (Wildman–Crippen MR) is 98.5 cm³/mol. The van der Waals surface area contributed by atoms with E-state index < -0.39 is 0 Å². The highest BCUT2D eigenvalue weighted by atomic mass is 16.1. The maximum Gasteiger partial charge on any atom is 0.156 e. The van der Waals surface area contributed by atoms with E-state index in [2.05, 4.69) is 45.6 Å². The zero-order valence-corrected chi connectivity index (χ0v) is 14.6. The molecule has 0 fully saturated rings. The van der Waals surface area contributed by atoms with E-state index in [1.165, 1.54) is 24.0 Å². The van der Waals surface area contributed by atoms with Gasteiger partial charge in [-0.3, -0.25) is 4.79 Å². The molecule has 1 aromatic carbocycles. The molecule has 1 nitrogen and oxygen atoms in total. The van der Waals surface area contributed by atoms with Crippen LogP contribution in [0.2, 0.25) is 0 Å². The SMILES string of the molecule is C=C[C@@H](CC(=O)/C=C/C1=C(C)CCCC1(C)C)c1ccccc1. The van der Waals surface area contributed by atoms with E-state index in [1.807, 2.05) is 24.3 Å². The third-order valence-electron chi connectivity index (χ3n) is 4.91. The van der Waals surface area contributed by atoms with Crippen molar-refractivity contribution in [2.45, 2.75) is 52.4 Å². The third-order valence-corrected chi connectivity index (χ3v) is 4.91. The fourth-order valence-corrected chi connectivity index (χ4v) is 3.51. The van der Waals surface area contributed by atoms with E-state index in [0.717, 1.165) is 12.0 Å². The Bertz CT molecular complexity index is 617. The van der Waals surface area contributed by atoms with Gasteiger partial charge in [-0.2, -0.15) is 0 Å². The van der Waals surface area contributed by atoms with Crippen molar-refractivity contribution in [1.82, 2.24) is 0 Å². The van der Waals surface area contributed by atoms with Crippen LogP contribution in [-0.2, 0) is 4.79 Å². The highest BCUT2D eigenvalue weighted by Crippen LogP contribution is 2.40. The Morgan fingerprint density at radius 3 is 2.61 bits per heavy atom. The van der Waals surface area contributed by atoms with Crippen LogP contribution in [0.1, 0.15) is 57.9 Å². The van der Waals surface area contributed by atoms with Gasteiger partial charge >= 0.3 is 0 Å². The molecule has 1 aliphatic carbocycles. The molecule has 2 rings (SSSR count). The fourth-order valence-electron chi connectivity index (χ4n) is 3.51. The first-order valence-corrected chi connectivity index (χ1v) is 8.52. The molecule has 0 heterocycles. The molecule has 0 saturated heterocycles. The number of benzene rings is 1. The highest BCUT2D eigenvalue weighted by Gasteiger charge is 2.26. The smallest absolute Gasteiger partial charge is 0.156 e. The lowest BCUT2D eigenvalue weighted by Crippen LogP contribution is -2.19. The van der Waals surface area contributed by atoms with Crippen LogP contribution in [-0.4, -0.2) is 5.78 Å². The Hall–Kier alpha value is -1.89. The van der Waals surface area contributed by atoms with Crippen molar-refractivity contribution in [3.05, 3.63) is 71.8 Å². The normalized spacial score (nSPS) is 18.9. The van der Waals surface area contributed by atoms with E-state index in [0.29, 0.717) is 6.42 Å². The molecule has 0 amide bonds. The number of rotatable bonds is 6. The maximum atomic E-state index is 12.4. The first-order valence-electron chi connectivity index (χ1n) is 8.52. The van der Waals surface area contributed by atoms with Crippen molar-refractivity contribution in [2.24, 2.45) is 5.41 Å². The van der Waals surface area contributed by atoms with E-state index in [4.69, 9.17) is 0 Å². The molecule has 0 unspecified atom stereocenters. The first kappa shape index (κ1) is 17.5. The number of allylic oxidation sites excluding steroid dienone is 5. The summed E-state index contributed by atoms with van der Waals surface area (Å²) in [4.78, 5) is 12.4. The highest BCUT2D eigenvalue weighted by molar-refractivity contribution is 5.91. The van der Waals surface area contributed by atoms with Crippen LogP contribution in [0.3, 0.4) is 0 Å². The number of hydrogen-bond donors (Lipinski definition) is 0. The van der Waals surface area contributed by atoms with Gasteiger partial charge < -0.3 is 0 Å². The number of carbonyl (C=O) groups excluding carboxylic acids is 1. The van der Waals surface area contributed by atoms with Gasteiger partial charge in [0, 0.05) is 12.3 Å². The Balaban J connectivity index is 2.08. The predicted octanol–water partition coefficient (Wildman–Crippen LogP) is 6.00. The molecule has 0 aromatic heterocycles. The largest absolute Gasteiger partial charge is 0.295 e. The first-order chi connectivity index (χ1) is 10.9. The summed E-state index contributed by atoms with van der Waals surface area (Å²) in [5, 5.41) is 0. The lowest BCUT2D eigenvalue weighted by molar-refractivity contribution is -0.114. The molecular formula is C22H28O. The zero-order valence-electron chi connectivity index (χ0n) is 14.6. The van der Waals surface area contributed by atoms with Crippen LogP contribution in [0, 0.1) is 5.41 Å². The molecule has 1 atom stereocenters. The van der Waals surface area contributed by atoms with Gasteiger partial charge in [-0.1, -0.05) is 61.9 Å². The average Bonchev–Trinajstić information content (AvgIpc) is 2.52. The summed E-state index contributed by atoms with van der Waals surface area (Å²) in [5.41, 5.74) is 4.09. The molecule has 0 spiro atoms. The second-order valence-electron chi connectivity index (χ2n) is 7.19. The molecular weight excluding hydrogens is 280 g/mol. The van der Waals surface area contributed by atoms with Gasteiger partial charge in [0.05, 0.1) is 0 Å². The van der Waals surface area contributed by atoms with Gasteiger partial charge in [0.1, 0.15) is 0 Å². The van der Waals surface area contributed by atoms with Crippen molar-refractivity contribution >= 4 is 5.78 Å². The fraction of sp³-hybridized carbons (Fsp3) is 0.409. The molecule has 0 radical (unpaired) electrons.